The Bertz CT molecular complexity index is 1960. The van der Waals surface area contributed by atoms with Gasteiger partial charge in [-0.2, -0.15) is 0 Å². The average molecular weight is 1070 g/mol. The van der Waals surface area contributed by atoms with Gasteiger partial charge in [-0.05, 0) is 51.9 Å². The van der Waals surface area contributed by atoms with Gasteiger partial charge < -0.3 is 57.3 Å². The van der Waals surface area contributed by atoms with Crippen molar-refractivity contribution in [3.8, 4) is 0 Å². The van der Waals surface area contributed by atoms with Gasteiger partial charge in [0.2, 0.25) is 17.7 Å². The van der Waals surface area contributed by atoms with Crippen LogP contribution in [0, 0.1) is 17.8 Å². The summed E-state index contributed by atoms with van der Waals surface area (Å²) in [6.07, 6.45) is 13.6. The highest BCUT2D eigenvalue weighted by Crippen LogP contribution is 2.23. The van der Waals surface area contributed by atoms with Crippen LogP contribution in [0.2, 0.25) is 0 Å². The number of imidazole rings is 1. The number of aromatic amines is 1. The van der Waals surface area contributed by atoms with Crippen LogP contribution >= 0.6 is 0 Å². The number of nitrogens with one attached hydrogen (secondary N) is 4. The van der Waals surface area contributed by atoms with Gasteiger partial charge in [-0.1, -0.05) is 83.5 Å². The molecule has 0 spiro atoms. The number of aromatic nitrogens is 2. The van der Waals surface area contributed by atoms with E-state index < -0.39 is 126 Å². The van der Waals surface area contributed by atoms with Crippen molar-refractivity contribution in [1.29, 1.82) is 0 Å². The number of unbranched alkanes of at least 4 members (excludes halogenated alkanes) is 14. The van der Waals surface area contributed by atoms with Crippen LogP contribution in [-0.4, -0.2) is 136 Å². The van der Waals surface area contributed by atoms with Gasteiger partial charge in [0.05, 0.1) is 30.3 Å². The molecular weight excluding hydrogens is 981 g/mol. The highest BCUT2D eigenvalue weighted by molar-refractivity contribution is 5.92. The molecule has 0 bridgehead atoms. The molecule has 0 aliphatic heterocycles. The number of H-pyrrole nitrogens is 1. The third-order valence-corrected chi connectivity index (χ3v) is 13.2. The normalized spacial score (nSPS) is 14.0. The molecule has 0 saturated carbocycles. The summed E-state index contributed by atoms with van der Waals surface area (Å²) in [6.45, 7) is 1.34. The van der Waals surface area contributed by atoms with Gasteiger partial charge in [-0.3, -0.25) is 43.2 Å². The fourth-order valence-corrected chi connectivity index (χ4v) is 8.50. The molecule has 0 fully saturated rings. The van der Waals surface area contributed by atoms with E-state index in [1.54, 1.807) is 0 Å². The number of carboxylic acid groups (broad SMARTS) is 5. The summed E-state index contributed by atoms with van der Waals surface area (Å²) >= 11 is 0. The molecule has 0 unspecified atom stereocenters. The van der Waals surface area contributed by atoms with Crippen LogP contribution in [0.5, 0.6) is 0 Å². The number of carbonyl (C=O) groups is 11. The number of Topliss-reactive ketones (excluding diaryl/α,β-unsaturated/α-hetero) is 3. The average Bonchev–Trinajstić information content (AvgIpc) is 3.86. The minimum atomic E-state index is -1.52. The van der Waals surface area contributed by atoms with E-state index in [1.165, 1.54) is 32.3 Å². The van der Waals surface area contributed by atoms with Gasteiger partial charge in [-0.25, -0.2) is 14.6 Å². The topological polar surface area (TPSA) is 400 Å². The first-order valence-corrected chi connectivity index (χ1v) is 26.6. The molecule has 0 aliphatic rings. The van der Waals surface area contributed by atoms with Crippen molar-refractivity contribution < 1.29 is 86.2 Å². The summed E-state index contributed by atoms with van der Waals surface area (Å²) in [5.74, 6) is -13.4. The fourth-order valence-electron chi connectivity index (χ4n) is 8.50. The van der Waals surface area contributed by atoms with Crippen molar-refractivity contribution in [3.63, 3.8) is 0 Å². The van der Waals surface area contributed by atoms with Crippen LogP contribution in [0.1, 0.15) is 195 Å². The number of hydrogen-bond acceptors (Lipinski definition) is 14. The van der Waals surface area contributed by atoms with E-state index in [0.717, 1.165) is 70.6 Å². The molecule has 3 amide bonds. The van der Waals surface area contributed by atoms with E-state index in [0.29, 0.717) is 25.0 Å². The van der Waals surface area contributed by atoms with Crippen LogP contribution in [0.15, 0.2) is 12.5 Å². The summed E-state index contributed by atoms with van der Waals surface area (Å²) in [5.41, 5.74) is 6.68. The Morgan fingerprint density at radius 3 is 1.53 bits per heavy atom. The van der Waals surface area contributed by atoms with Crippen molar-refractivity contribution >= 4 is 64.9 Å². The number of carbonyl (C=O) groups excluding carboxylic acids is 6. The summed E-state index contributed by atoms with van der Waals surface area (Å²) in [4.78, 5) is 142. The number of aliphatic hydroxyl groups is 1. The van der Waals surface area contributed by atoms with Crippen LogP contribution < -0.4 is 21.7 Å². The van der Waals surface area contributed by atoms with Crippen LogP contribution in [0.25, 0.3) is 0 Å². The first-order chi connectivity index (χ1) is 35.6. The highest BCUT2D eigenvalue weighted by Gasteiger charge is 2.32. The SMILES string of the molecule is C[C@@H](O)[C@H](CC(=O)[C@H](CCCCNC(=O)CC[C@H](NC(=O)CC[C@H](CC(=O)CC[C@H](NC(=O)CCCCCCCCCCCCCCCCC(=O)O)C(=O)O)C(=O)O)C(=O)O)CC(=O)[C@@H](N)Cc1cnc[nH]1)C(=O)O.[HH].[HH]. The summed E-state index contributed by atoms with van der Waals surface area (Å²) in [6, 6.07) is -3.85. The molecule has 75 heavy (non-hydrogen) atoms. The number of ketones is 3. The Morgan fingerprint density at radius 1 is 0.547 bits per heavy atom. The maximum absolute atomic E-state index is 13.2. The zero-order chi connectivity index (χ0) is 56.1. The maximum atomic E-state index is 13.2. The molecule has 23 heteroatoms. The maximum Gasteiger partial charge on any atom is 0.326 e. The van der Waals surface area contributed by atoms with Gasteiger partial charge in [0.25, 0.3) is 0 Å². The van der Waals surface area contributed by atoms with Crippen molar-refractivity contribution in [1.82, 2.24) is 25.9 Å². The Hall–Kier alpha value is -6.10. The number of nitrogens with zero attached hydrogens (tertiary/aromatic N) is 1. The second-order valence-electron chi connectivity index (χ2n) is 19.6. The number of carboxylic acids is 5. The van der Waals surface area contributed by atoms with Gasteiger partial charge in [0, 0.05) is 85.0 Å². The van der Waals surface area contributed by atoms with Gasteiger partial charge >= 0.3 is 29.8 Å². The molecule has 1 aromatic heterocycles. The number of aliphatic hydroxyl groups excluding tert-OH is 1. The largest absolute Gasteiger partial charge is 0.481 e. The lowest BCUT2D eigenvalue weighted by molar-refractivity contribution is -0.148. The first-order valence-electron chi connectivity index (χ1n) is 26.6. The number of rotatable bonds is 48. The van der Waals surface area contributed by atoms with Crippen LogP contribution in [0.3, 0.4) is 0 Å². The molecule has 1 heterocycles. The van der Waals surface area contributed by atoms with E-state index >= 15 is 0 Å². The Kier molecular flexibility index (Phi) is 35.1. The lowest BCUT2D eigenvalue weighted by Gasteiger charge is -2.21. The van der Waals surface area contributed by atoms with E-state index in [-0.39, 0.29) is 73.6 Å². The number of nitrogens with two attached hydrogens (primary N) is 1. The predicted molar refractivity (Wildman–Crippen MR) is 276 cm³/mol. The highest BCUT2D eigenvalue weighted by atomic mass is 16.4. The van der Waals surface area contributed by atoms with E-state index in [9.17, 15) is 78.3 Å². The van der Waals surface area contributed by atoms with Gasteiger partial charge in [-0.15, -0.1) is 0 Å². The molecular formula is C52H88N6O17. The number of amides is 3. The molecule has 0 aromatic carbocycles. The summed E-state index contributed by atoms with van der Waals surface area (Å²) < 4.78 is 0. The van der Waals surface area contributed by atoms with E-state index in [1.807, 2.05) is 0 Å². The number of aliphatic carboxylic acids is 5. The zero-order valence-electron chi connectivity index (χ0n) is 43.6. The van der Waals surface area contributed by atoms with Crippen LogP contribution in [0.4, 0.5) is 0 Å². The van der Waals surface area contributed by atoms with Crippen molar-refractivity contribution in [2.45, 2.75) is 217 Å². The summed E-state index contributed by atoms with van der Waals surface area (Å²) in [7, 11) is 0. The third-order valence-electron chi connectivity index (χ3n) is 13.2. The van der Waals surface area contributed by atoms with Gasteiger partial charge in [0.15, 0.2) is 5.78 Å². The Labute approximate surface area is 441 Å². The lowest BCUT2D eigenvalue weighted by atomic mass is 9.84. The molecule has 0 saturated heterocycles. The standard InChI is InChI=1S/C52H84N6O17.2H2/c1-34(59)39(50(70)71)31-43(61)35(29-44(62)40(53)30-37-32-54-33-56-37)18-16-17-27-55-45(63)26-24-42(52(74)75)58-47(65)25-21-36(49(68)69)28-38(60)22-23-41(51(72)73)57-46(64)19-14-12-10-8-6-4-2-3-5-7-9-11-13-15-20-48(66)67;;/h32-36,39-42,59H,2-31,53H2,1H3,(H,54,56)(H,55,63)(H,57,64)(H,58,65)(H,66,67)(H,68,69)(H,70,71)(H,72,73)(H,74,75);2*1H/t34-,35-,36-,39+,40+,41+,42+;;/m1../s1. The van der Waals surface area contributed by atoms with Crippen molar-refractivity contribution in [2.24, 2.45) is 23.5 Å². The summed E-state index contributed by atoms with van der Waals surface area (Å²) in [5, 5.41) is 64.5. The van der Waals surface area contributed by atoms with E-state index in [4.69, 9.17) is 10.8 Å². The monoisotopic (exact) mass is 1070 g/mol. The minimum absolute atomic E-state index is 0. The first kappa shape index (κ1) is 66.9. The molecule has 12 N–H and O–H groups in total. The zero-order valence-corrected chi connectivity index (χ0v) is 43.6. The predicted octanol–water partition coefficient (Wildman–Crippen LogP) is 5.14. The van der Waals surface area contributed by atoms with E-state index in [2.05, 4.69) is 25.9 Å². The molecule has 0 aliphatic carbocycles. The molecule has 0 radical (unpaired) electrons. The second-order valence-corrected chi connectivity index (χ2v) is 19.6. The molecule has 428 valence electrons. The van der Waals surface area contributed by atoms with Crippen LogP contribution in [-0.2, 0) is 59.2 Å². The lowest BCUT2D eigenvalue weighted by Crippen LogP contribution is -2.42. The Morgan fingerprint density at radius 2 is 1.05 bits per heavy atom. The second kappa shape index (κ2) is 39.3. The number of hydrogen-bond donors (Lipinski definition) is 11. The smallest absolute Gasteiger partial charge is 0.326 e. The van der Waals surface area contributed by atoms with Crippen molar-refractivity contribution in [2.75, 3.05) is 6.54 Å². The Balaban J connectivity index is 0. The van der Waals surface area contributed by atoms with Gasteiger partial charge in [0.1, 0.15) is 23.7 Å². The minimum Gasteiger partial charge on any atom is -0.481 e. The third kappa shape index (κ3) is 32.7. The molecule has 1 rings (SSSR count). The molecule has 23 nitrogen and oxygen atoms in total. The quantitative estimate of drug-likeness (QED) is 0.0376. The fraction of sp³-hybridized carbons (Fsp3) is 0.731. The molecule has 1 aromatic rings. The molecule has 7 atom stereocenters. The van der Waals surface area contributed by atoms with Crippen molar-refractivity contribution in [3.05, 3.63) is 18.2 Å².